The molecule has 0 saturated heterocycles. The van der Waals surface area contributed by atoms with Crippen molar-refractivity contribution in [3.8, 4) is 0 Å². The average molecular weight is 248 g/mol. The Balaban J connectivity index is 1.91. The maximum absolute atomic E-state index is 10.0. The first kappa shape index (κ1) is 13.6. The Morgan fingerprint density at radius 3 is 2.72 bits per heavy atom. The molecular formula is C16H24O2. The van der Waals surface area contributed by atoms with Crippen LogP contribution in [0.1, 0.15) is 50.5 Å². The van der Waals surface area contributed by atoms with E-state index in [0.29, 0.717) is 5.92 Å². The molecule has 1 aliphatic rings. The van der Waals surface area contributed by atoms with E-state index in [-0.39, 0.29) is 12.2 Å². The summed E-state index contributed by atoms with van der Waals surface area (Å²) in [5.74, 6) is 0.543. The second-order valence-corrected chi connectivity index (χ2v) is 5.25. The molecule has 1 aromatic carbocycles. The van der Waals surface area contributed by atoms with Gasteiger partial charge in [0, 0.05) is 6.61 Å². The van der Waals surface area contributed by atoms with Gasteiger partial charge in [-0.25, -0.2) is 0 Å². The fraction of sp³-hybridized carbons (Fsp3) is 0.625. The molecule has 0 aliphatic heterocycles. The average Bonchev–Trinajstić information content (AvgIpc) is 2.42. The Kier molecular flexibility index (Phi) is 5.21. The summed E-state index contributed by atoms with van der Waals surface area (Å²) in [5.41, 5.74) is 1.38. The Labute approximate surface area is 110 Å². The first-order valence-electron chi connectivity index (χ1n) is 7.16. The minimum absolute atomic E-state index is 0.0236. The van der Waals surface area contributed by atoms with E-state index in [2.05, 4.69) is 37.3 Å². The van der Waals surface area contributed by atoms with Gasteiger partial charge in [0.1, 0.15) is 0 Å². The molecule has 1 aromatic rings. The lowest BCUT2D eigenvalue weighted by Gasteiger charge is -2.33. The minimum Gasteiger partial charge on any atom is -0.390 e. The highest BCUT2D eigenvalue weighted by Crippen LogP contribution is 2.34. The summed E-state index contributed by atoms with van der Waals surface area (Å²) in [6, 6.07) is 10.6. The Bertz CT molecular complexity index is 336. The lowest BCUT2D eigenvalue weighted by atomic mass is 9.81. The van der Waals surface area contributed by atoms with E-state index >= 15 is 0 Å². The number of rotatable bonds is 5. The highest BCUT2D eigenvalue weighted by atomic mass is 16.5. The third kappa shape index (κ3) is 3.56. The van der Waals surface area contributed by atoms with Crippen LogP contribution in [-0.2, 0) is 4.74 Å². The zero-order valence-corrected chi connectivity index (χ0v) is 11.2. The van der Waals surface area contributed by atoms with Crippen molar-refractivity contribution in [3.05, 3.63) is 35.9 Å². The zero-order chi connectivity index (χ0) is 12.8. The molecule has 2 rings (SSSR count). The SMILES string of the molecule is CCCCOC1CC(c2ccccc2)CCC1O. The summed E-state index contributed by atoms with van der Waals surface area (Å²) in [6.45, 7) is 2.94. The minimum atomic E-state index is -0.276. The van der Waals surface area contributed by atoms with E-state index in [1.807, 2.05) is 0 Å². The topological polar surface area (TPSA) is 29.5 Å². The van der Waals surface area contributed by atoms with Crippen LogP contribution in [0.4, 0.5) is 0 Å². The predicted molar refractivity (Wildman–Crippen MR) is 73.7 cm³/mol. The number of aliphatic hydroxyl groups excluding tert-OH is 1. The Morgan fingerprint density at radius 1 is 1.22 bits per heavy atom. The number of benzene rings is 1. The van der Waals surface area contributed by atoms with Crippen molar-refractivity contribution in [2.75, 3.05) is 6.61 Å². The molecule has 3 atom stereocenters. The maximum atomic E-state index is 10.0. The third-order valence-electron chi connectivity index (χ3n) is 3.86. The van der Waals surface area contributed by atoms with Crippen molar-refractivity contribution in [1.29, 1.82) is 0 Å². The lowest BCUT2D eigenvalue weighted by Crippen LogP contribution is -2.35. The van der Waals surface area contributed by atoms with Crippen molar-refractivity contribution in [2.24, 2.45) is 0 Å². The molecule has 1 saturated carbocycles. The number of hydrogen-bond acceptors (Lipinski definition) is 2. The molecule has 3 unspecified atom stereocenters. The summed E-state index contributed by atoms with van der Waals surface area (Å²) in [5, 5.41) is 10.0. The molecule has 1 aliphatic carbocycles. The molecule has 0 bridgehead atoms. The number of unbranched alkanes of at least 4 members (excludes halogenated alkanes) is 1. The molecule has 18 heavy (non-hydrogen) atoms. The summed E-state index contributed by atoms with van der Waals surface area (Å²) >= 11 is 0. The molecule has 1 N–H and O–H groups in total. The fourth-order valence-electron chi connectivity index (χ4n) is 2.70. The van der Waals surface area contributed by atoms with Gasteiger partial charge in [0.2, 0.25) is 0 Å². The van der Waals surface area contributed by atoms with Crippen molar-refractivity contribution in [2.45, 2.75) is 57.2 Å². The van der Waals surface area contributed by atoms with Gasteiger partial charge in [-0.05, 0) is 37.2 Å². The van der Waals surface area contributed by atoms with Gasteiger partial charge in [0.25, 0.3) is 0 Å². The molecule has 1 fully saturated rings. The van der Waals surface area contributed by atoms with Gasteiger partial charge in [-0.3, -0.25) is 0 Å². The standard InChI is InChI=1S/C16H24O2/c1-2-3-11-18-16-12-14(9-10-15(16)17)13-7-5-4-6-8-13/h4-8,14-17H,2-3,9-12H2,1H3. The monoisotopic (exact) mass is 248 g/mol. The van der Waals surface area contributed by atoms with Crippen LogP contribution < -0.4 is 0 Å². The third-order valence-corrected chi connectivity index (χ3v) is 3.86. The summed E-state index contributed by atoms with van der Waals surface area (Å²) in [4.78, 5) is 0. The second-order valence-electron chi connectivity index (χ2n) is 5.25. The predicted octanol–water partition coefficient (Wildman–Crippen LogP) is 3.50. The highest BCUT2D eigenvalue weighted by Gasteiger charge is 2.30. The number of aliphatic hydroxyl groups is 1. The van der Waals surface area contributed by atoms with Gasteiger partial charge in [-0.1, -0.05) is 43.7 Å². The van der Waals surface area contributed by atoms with Gasteiger partial charge in [-0.15, -0.1) is 0 Å². The zero-order valence-electron chi connectivity index (χ0n) is 11.2. The first-order chi connectivity index (χ1) is 8.81. The molecule has 0 radical (unpaired) electrons. The van der Waals surface area contributed by atoms with Crippen molar-refractivity contribution in [1.82, 2.24) is 0 Å². The summed E-state index contributed by atoms with van der Waals surface area (Å²) < 4.78 is 5.84. The van der Waals surface area contributed by atoms with Gasteiger partial charge in [-0.2, -0.15) is 0 Å². The Hall–Kier alpha value is -0.860. The Morgan fingerprint density at radius 2 is 2.00 bits per heavy atom. The van der Waals surface area contributed by atoms with Crippen LogP contribution in [0.5, 0.6) is 0 Å². The second kappa shape index (κ2) is 6.91. The number of hydrogen-bond donors (Lipinski definition) is 1. The molecule has 2 heteroatoms. The van der Waals surface area contributed by atoms with Crippen molar-refractivity contribution < 1.29 is 9.84 Å². The van der Waals surface area contributed by atoms with Crippen LogP contribution in [0.3, 0.4) is 0 Å². The molecule has 100 valence electrons. The van der Waals surface area contributed by atoms with E-state index in [1.165, 1.54) is 5.56 Å². The molecule has 0 heterocycles. The normalized spacial score (nSPS) is 28.2. The first-order valence-corrected chi connectivity index (χ1v) is 7.16. The molecule has 2 nitrogen and oxygen atoms in total. The fourth-order valence-corrected chi connectivity index (χ4v) is 2.70. The van der Waals surface area contributed by atoms with Crippen LogP contribution in [0.25, 0.3) is 0 Å². The quantitative estimate of drug-likeness (QED) is 0.808. The van der Waals surface area contributed by atoms with Crippen molar-refractivity contribution >= 4 is 0 Å². The molecule has 0 spiro atoms. The van der Waals surface area contributed by atoms with Gasteiger partial charge < -0.3 is 9.84 Å². The molecular weight excluding hydrogens is 224 g/mol. The van der Waals surface area contributed by atoms with Gasteiger partial charge >= 0.3 is 0 Å². The van der Waals surface area contributed by atoms with E-state index in [4.69, 9.17) is 4.74 Å². The smallest absolute Gasteiger partial charge is 0.0839 e. The maximum Gasteiger partial charge on any atom is 0.0839 e. The van der Waals surface area contributed by atoms with Crippen molar-refractivity contribution in [3.63, 3.8) is 0 Å². The van der Waals surface area contributed by atoms with E-state index in [1.54, 1.807) is 0 Å². The van der Waals surface area contributed by atoms with Gasteiger partial charge in [0.15, 0.2) is 0 Å². The summed E-state index contributed by atoms with van der Waals surface area (Å²) in [7, 11) is 0. The van der Waals surface area contributed by atoms with Crippen LogP contribution >= 0.6 is 0 Å². The lowest BCUT2D eigenvalue weighted by molar-refractivity contribution is -0.0639. The molecule has 0 amide bonds. The summed E-state index contributed by atoms with van der Waals surface area (Å²) in [6.07, 6.45) is 4.85. The van der Waals surface area contributed by atoms with Crippen LogP contribution in [0.15, 0.2) is 30.3 Å². The van der Waals surface area contributed by atoms with Crippen LogP contribution in [0, 0.1) is 0 Å². The van der Waals surface area contributed by atoms with E-state index in [0.717, 1.165) is 38.7 Å². The largest absolute Gasteiger partial charge is 0.390 e. The van der Waals surface area contributed by atoms with Gasteiger partial charge in [0.05, 0.1) is 12.2 Å². The van der Waals surface area contributed by atoms with E-state index in [9.17, 15) is 5.11 Å². The van der Waals surface area contributed by atoms with Crippen LogP contribution in [-0.4, -0.2) is 23.9 Å². The highest BCUT2D eigenvalue weighted by molar-refractivity contribution is 5.20. The van der Waals surface area contributed by atoms with Crippen LogP contribution in [0.2, 0.25) is 0 Å². The molecule has 0 aromatic heterocycles. The van der Waals surface area contributed by atoms with E-state index < -0.39 is 0 Å². The number of ether oxygens (including phenoxy) is 1.